The van der Waals surface area contributed by atoms with Gasteiger partial charge in [0.15, 0.2) is 5.65 Å². The Morgan fingerprint density at radius 1 is 1.14 bits per heavy atom. The number of hydrogen-bond acceptors (Lipinski definition) is 4. The first-order valence-corrected chi connectivity index (χ1v) is 7.07. The zero-order valence-electron chi connectivity index (χ0n) is 12.0. The second-order valence-corrected chi connectivity index (χ2v) is 4.84. The lowest BCUT2D eigenvalue weighted by Gasteiger charge is -2.05. The molecule has 0 unspecified atom stereocenters. The van der Waals surface area contributed by atoms with Gasteiger partial charge < -0.3 is 10.1 Å². The quantitative estimate of drug-likeness (QED) is 0.706. The van der Waals surface area contributed by atoms with Crippen molar-refractivity contribution in [3.8, 4) is 5.75 Å². The van der Waals surface area contributed by atoms with Crippen molar-refractivity contribution in [3.63, 3.8) is 0 Å². The molecule has 0 amide bonds. The first-order valence-electron chi connectivity index (χ1n) is 7.07. The van der Waals surface area contributed by atoms with Gasteiger partial charge in [-0.25, -0.2) is 4.52 Å². The number of nitrogens with zero attached hydrogens (tertiary/aromatic N) is 3. The molecule has 5 nitrogen and oxygen atoms in total. The van der Waals surface area contributed by atoms with Crippen molar-refractivity contribution in [2.75, 3.05) is 18.5 Å². The fourth-order valence-electron chi connectivity index (χ4n) is 2.09. The Kier molecular flexibility index (Phi) is 4.00. The van der Waals surface area contributed by atoms with Crippen LogP contribution in [0, 0.1) is 6.92 Å². The molecule has 0 aliphatic heterocycles. The SMILES string of the molecule is Cc1cccn2nc(NCCCOc3ccccc3)nc12. The molecule has 1 N–H and O–H groups in total. The normalized spacial score (nSPS) is 10.7. The highest BCUT2D eigenvalue weighted by Gasteiger charge is 2.04. The van der Waals surface area contributed by atoms with Gasteiger partial charge in [-0.2, -0.15) is 4.98 Å². The van der Waals surface area contributed by atoms with Crippen LogP contribution in [0.3, 0.4) is 0 Å². The molecule has 1 aromatic carbocycles. The maximum Gasteiger partial charge on any atom is 0.243 e. The van der Waals surface area contributed by atoms with Crippen LogP contribution in [0.1, 0.15) is 12.0 Å². The number of rotatable bonds is 6. The number of para-hydroxylation sites is 1. The van der Waals surface area contributed by atoms with Crippen LogP contribution in [0.25, 0.3) is 5.65 Å². The summed E-state index contributed by atoms with van der Waals surface area (Å²) in [5.74, 6) is 1.56. The molecule has 0 bridgehead atoms. The molecule has 0 aliphatic carbocycles. The van der Waals surface area contributed by atoms with E-state index < -0.39 is 0 Å². The summed E-state index contributed by atoms with van der Waals surface area (Å²) in [6.07, 6.45) is 2.79. The van der Waals surface area contributed by atoms with Crippen LogP contribution in [0.2, 0.25) is 0 Å². The van der Waals surface area contributed by atoms with Crippen LogP contribution in [0.5, 0.6) is 5.75 Å². The second-order valence-electron chi connectivity index (χ2n) is 4.84. The maximum absolute atomic E-state index is 5.64. The molecule has 0 saturated heterocycles. The third kappa shape index (κ3) is 3.31. The van der Waals surface area contributed by atoms with Crippen molar-refractivity contribution in [3.05, 3.63) is 54.2 Å². The molecule has 2 heterocycles. The van der Waals surface area contributed by atoms with Gasteiger partial charge in [-0.05, 0) is 37.1 Å². The lowest BCUT2D eigenvalue weighted by molar-refractivity contribution is 0.315. The zero-order valence-corrected chi connectivity index (χ0v) is 12.0. The molecule has 0 spiro atoms. The molecular weight excluding hydrogens is 264 g/mol. The highest BCUT2D eigenvalue weighted by atomic mass is 16.5. The number of pyridine rings is 1. The number of nitrogens with one attached hydrogen (secondary N) is 1. The predicted molar refractivity (Wildman–Crippen MR) is 82.8 cm³/mol. The van der Waals surface area contributed by atoms with Gasteiger partial charge in [0, 0.05) is 12.7 Å². The average molecular weight is 282 g/mol. The minimum absolute atomic E-state index is 0.656. The number of hydrogen-bond donors (Lipinski definition) is 1. The Balaban J connectivity index is 1.47. The summed E-state index contributed by atoms with van der Waals surface area (Å²) in [7, 11) is 0. The highest BCUT2D eigenvalue weighted by molar-refractivity contribution is 5.49. The monoisotopic (exact) mass is 282 g/mol. The first kappa shape index (κ1) is 13.4. The average Bonchev–Trinajstić information content (AvgIpc) is 2.92. The summed E-state index contributed by atoms with van der Waals surface area (Å²) in [6.45, 7) is 3.48. The van der Waals surface area contributed by atoms with Crippen molar-refractivity contribution >= 4 is 11.6 Å². The van der Waals surface area contributed by atoms with E-state index in [-0.39, 0.29) is 0 Å². The van der Waals surface area contributed by atoms with E-state index in [2.05, 4.69) is 15.4 Å². The summed E-state index contributed by atoms with van der Waals surface area (Å²) in [6, 6.07) is 13.8. The molecule has 108 valence electrons. The van der Waals surface area contributed by atoms with Crippen LogP contribution >= 0.6 is 0 Å². The molecule has 2 aromatic heterocycles. The minimum atomic E-state index is 0.656. The van der Waals surface area contributed by atoms with Crippen molar-refractivity contribution < 1.29 is 4.74 Å². The molecule has 0 radical (unpaired) electrons. The zero-order chi connectivity index (χ0) is 14.5. The molecule has 3 rings (SSSR count). The van der Waals surface area contributed by atoms with Crippen molar-refractivity contribution in [2.45, 2.75) is 13.3 Å². The molecule has 0 fully saturated rings. The Morgan fingerprint density at radius 2 is 2.00 bits per heavy atom. The highest BCUT2D eigenvalue weighted by Crippen LogP contribution is 2.10. The molecular formula is C16H18N4O. The predicted octanol–water partition coefficient (Wildman–Crippen LogP) is 2.92. The third-order valence-electron chi connectivity index (χ3n) is 3.17. The van der Waals surface area contributed by atoms with Crippen LogP contribution in [-0.4, -0.2) is 27.7 Å². The first-order chi connectivity index (χ1) is 10.3. The number of aromatic nitrogens is 3. The van der Waals surface area contributed by atoms with E-state index in [1.807, 2.05) is 55.6 Å². The second kappa shape index (κ2) is 6.26. The van der Waals surface area contributed by atoms with E-state index in [4.69, 9.17) is 4.74 Å². The van der Waals surface area contributed by atoms with Crippen LogP contribution in [0.4, 0.5) is 5.95 Å². The summed E-state index contributed by atoms with van der Waals surface area (Å²) in [4.78, 5) is 4.47. The van der Waals surface area contributed by atoms with Gasteiger partial charge in [0.1, 0.15) is 5.75 Å². The van der Waals surface area contributed by atoms with E-state index in [9.17, 15) is 0 Å². The van der Waals surface area contributed by atoms with Gasteiger partial charge in [-0.15, -0.1) is 5.10 Å². The summed E-state index contributed by atoms with van der Waals surface area (Å²) in [5.41, 5.74) is 2.01. The van der Waals surface area contributed by atoms with E-state index in [0.717, 1.165) is 29.9 Å². The van der Waals surface area contributed by atoms with Gasteiger partial charge in [-0.1, -0.05) is 24.3 Å². The number of aryl methyl sites for hydroxylation is 1. The van der Waals surface area contributed by atoms with E-state index in [1.54, 1.807) is 4.52 Å². The fraction of sp³-hybridized carbons (Fsp3) is 0.250. The Hall–Kier alpha value is -2.56. The largest absolute Gasteiger partial charge is 0.494 e. The summed E-state index contributed by atoms with van der Waals surface area (Å²) in [5, 5.41) is 7.61. The number of anilines is 1. The summed E-state index contributed by atoms with van der Waals surface area (Å²) >= 11 is 0. The maximum atomic E-state index is 5.64. The number of benzene rings is 1. The van der Waals surface area contributed by atoms with Gasteiger partial charge in [0.2, 0.25) is 5.95 Å². The number of fused-ring (bicyclic) bond motifs is 1. The van der Waals surface area contributed by atoms with E-state index >= 15 is 0 Å². The lowest BCUT2D eigenvalue weighted by atomic mass is 10.3. The van der Waals surface area contributed by atoms with Gasteiger partial charge in [0.05, 0.1) is 6.61 Å². The Labute approximate surface area is 123 Å². The van der Waals surface area contributed by atoms with Gasteiger partial charge in [0.25, 0.3) is 0 Å². The topological polar surface area (TPSA) is 51.5 Å². The number of ether oxygens (including phenoxy) is 1. The van der Waals surface area contributed by atoms with Crippen LogP contribution < -0.4 is 10.1 Å². The third-order valence-corrected chi connectivity index (χ3v) is 3.17. The van der Waals surface area contributed by atoms with Gasteiger partial charge in [-0.3, -0.25) is 0 Å². The van der Waals surface area contributed by atoms with Gasteiger partial charge >= 0.3 is 0 Å². The molecule has 3 aromatic rings. The smallest absolute Gasteiger partial charge is 0.243 e. The van der Waals surface area contributed by atoms with Crippen molar-refractivity contribution in [1.29, 1.82) is 0 Å². The fourth-order valence-corrected chi connectivity index (χ4v) is 2.09. The summed E-state index contributed by atoms with van der Waals surface area (Å²) < 4.78 is 7.43. The Morgan fingerprint density at radius 3 is 2.81 bits per heavy atom. The minimum Gasteiger partial charge on any atom is -0.494 e. The van der Waals surface area contributed by atoms with Crippen molar-refractivity contribution in [2.24, 2.45) is 0 Å². The Bertz CT molecular complexity index is 709. The molecule has 21 heavy (non-hydrogen) atoms. The van der Waals surface area contributed by atoms with Crippen LogP contribution in [-0.2, 0) is 0 Å². The van der Waals surface area contributed by atoms with E-state index in [1.165, 1.54) is 0 Å². The molecule has 5 heteroatoms. The molecule has 0 atom stereocenters. The standard InChI is InChI=1S/C16H18N4O/c1-13-7-5-11-20-15(13)18-16(19-20)17-10-6-12-21-14-8-3-2-4-9-14/h2-5,7-9,11H,6,10,12H2,1H3,(H,17,19). The lowest BCUT2D eigenvalue weighted by Crippen LogP contribution is -2.08. The van der Waals surface area contributed by atoms with E-state index in [0.29, 0.717) is 12.6 Å². The molecule has 0 aliphatic rings. The molecule has 0 saturated carbocycles. The van der Waals surface area contributed by atoms with Crippen LogP contribution in [0.15, 0.2) is 48.7 Å². The van der Waals surface area contributed by atoms with Crippen molar-refractivity contribution in [1.82, 2.24) is 14.6 Å².